The van der Waals surface area contributed by atoms with E-state index in [0.717, 1.165) is 24.9 Å². The molecule has 26 heavy (non-hydrogen) atoms. The van der Waals surface area contributed by atoms with E-state index in [-0.39, 0.29) is 12.1 Å². The molecule has 1 amide bonds. The van der Waals surface area contributed by atoms with Crippen molar-refractivity contribution in [3.8, 4) is 0 Å². The number of para-hydroxylation sites is 1. The fourth-order valence-corrected chi connectivity index (χ4v) is 3.26. The van der Waals surface area contributed by atoms with E-state index in [9.17, 15) is 14.7 Å². The SMILES string of the molecule is CCCCC1CN(C(=O)OC(C)(C)C)CCN1c1ccccc1C(=O)O. The average molecular weight is 362 g/mol. The number of carboxylic acids is 1. The molecule has 2 rings (SSSR count). The normalized spacial score (nSPS) is 17.9. The fraction of sp³-hybridized carbons (Fsp3) is 0.600. The number of unbranched alkanes of at least 4 members (excludes halogenated alkanes) is 1. The summed E-state index contributed by atoms with van der Waals surface area (Å²) in [7, 11) is 0. The molecule has 0 bridgehead atoms. The smallest absolute Gasteiger partial charge is 0.410 e. The Morgan fingerprint density at radius 1 is 1.23 bits per heavy atom. The number of amides is 1. The van der Waals surface area contributed by atoms with Crippen LogP contribution in [0.5, 0.6) is 0 Å². The van der Waals surface area contributed by atoms with E-state index in [1.165, 1.54) is 0 Å². The van der Waals surface area contributed by atoms with Gasteiger partial charge in [0.25, 0.3) is 0 Å². The monoisotopic (exact) mass is 362 g/mol. The first-order valence-corrected chi connectivity index (χ1v) is 9.30. The number of nitrogens with zero attached hydrogens (tertiary/aromatic N) is 2. The summed E-state index contributed by atoms with van der Waals surface area (Å²) in [6.45, 7) is 9.37. The largest absolute Gasteiger partial charge is 0.478 e. The second-order valence-corrected chi connectivity index (χ2v) is 7.74. The van der Waals surface area contributed by atoms with Crippen molar-refractivity contribution in [2.24, 2.45) is 0 Å². The summed E-state index contributed by atoms with van der Waals surface area (Å²) in [5.41, 5.74) is 0.507. The maximum atomic E-state index is 12.4. The van der Waals surface area contributed by atoms with Crippen molar-refractivity contribution >= 4 is 17.7 Å². The number of aromatic carboxylic acids is 1. The Morgan fingerprint density at radius 3 is 2.54 bits per heavy atom. The minimum atomic E-state index is -0.926. The van der Waals surface area contributed by atoms with Crippen LogP contribution in [0, 0.1) is 0 Å². The number of rotatable bonds is 5. The lowest BCUT2D eigenvalue weighted by atomic mass is 10.0. The second-order valence-electron chi connectivity index (χ2n) is 7.74. The Morgan fingerprint density at radius 2 is 1.92 bits per heavy atom. The van der Waals surface area contributed by atoms with Gasteiger partial charge in [0, 0.05) is 25.7 Å². The van der Waals surface area contributed by atoms with Gasteiger partial charge in [0.2, 0.25) is 0 Å². The Hall–Kier alpha value is -2.24. The van der Waals surface area contributed by atoms with Gasteiger partial charge in [-0.05, 0) is 39.3 Å². The van der Waals surface area contributed by atoms with Crippen molar-refractivity contribution in [3.63, 3.8) is 0 Å². The molecular weight excluding hydrogens is 332 g/mol. The van der Waals surface area contributed by atoms with Gasteiger partial charge in [-0.25, -0.2) is 9.59 Å². The quantitative estimate of drug-likeness (QED) is 0.857. The highest BCUT2D eigenvalue weighted by Crippen LogP contribution is 2.28. The molecule has 1 N–H and O–H groups in total. The van der Waals surface area contributed by atoms with E-state index in [1.54, 1.807) is 17.0 Å². The topological polar surface area (TPSA) is 70.1 Å². The summed E-state index contributed by atoms with van der Waals surface area (Å²) < 4.78 is 5.51. The molecule has 0 saturated carbocycles. The van der Waals surface area contributed by atoms with E-state index in [2.05, 4.69) is 11.8 Å². The number of hydrogen-bond donors (Lipinski definition) is 1. The van der Waals surface area contributed by atoms with E-state index in [4.69, 9.17) is 4.74 Å². The highest BCUT2D eigenvalue weighted by molar-refractivity contribution is 5.94. The third kappa shape index (κ3) is 5.13. The molecule has 6 heteroatoms. The van der Waals surface area contributed by atoms with E-state index in [1.807, 2.05) is 32.9 Å². The molecule has 1 unspecified atom stereocenters. The lowest BCUT2D eigenvalue weighted by Gasteiger charge is -2.43. The number of anilines is 1. The summed E-state index contributed by atoms with van der Waals surface area (Å²) in [6.07, 6.45) is 2.69. The van der Waals surface area contributed by atoms with E-state index in [0.29, 0.717) is 25.2 Å². The van der Waals surface area contributed by atoms with Gasteiger partial charge >= 0.3 is 12.1 Å². The van der Waals surface area contributed by atoms with E-state index < -0.39 is 11.6 Å². The molecular formula is C20H30N2O4. The fourth-order valence-electron chi connectivity index (χ4n) is 3.26. The van der Waals surface area contributed by atoms with Crippen molar-refractivity contribution in [2.75, 3.05) is 24.5 Å². The maximum absolute atomic E-state index is 12.4. The molecule has 0 aromatic heterocycles. The third-order valence-electron chi connectivity index (χ3n) is 4.47. The highest BCUT2D eigenvalue weighted by atomic mass is 16.6. The molecule has 0 aliphatic carbocycles. The van der Waals surface area contributed by atoms with Gasteiger partial charge in [0.05, 0.1) is 11.3 Å². The Labute approximate surface area is 155 Å². The number of ether oxygens (including phenoxy) is 1. The van der Waals surface area contributed by atoms with Gasteiger partial charge in [0.1, 0.15) is 5.60 Å². The first-order valence-electron chi connectivity index (χ1n) is 9.30. The van der Waals surface area contributed by atoms with Crippen LogP contribution in [0.15, 0.2) is 24.3 Å². The van der Waals surface area contributed by atoms with Crippen LogP contribution in [-0.4, -0.2) is 53.3 Å². The Bertz CT molecular complexity index is 639. The molecule has 1 heterocycles. The highest BCUT2D eigenvalue weighted by Gasteiger charge is 2.33. The van der Waals surface area contributed by atoms with Gasteiger partial charge in [-0.15, -0.1) is 0 Å². The zero-order valence-corrected chi connectivity index (χ0v) is 16.2. The molecule has 1 aliphatic heterocycles. The Kier molecular flexibility index (Phi) is 6.51. The minimum absolute atomic E-state index is 0.0803. The van der Waals surface area contributed by atoms with Crippen molar-refractivity contribution in [1.82, 2.24) is 4.90 Å². The molecule has 1 aliphatic rings. The minimum Gasteiger partial charge on any atom is -0.478 e. The zero-order valence-electron chi connectivity index (χ0n) is 16.2. The summed E-state index contributed by atoms with van der Waals surface area (Å²) in [4.78, 5) is 27.9. The van der Waals surface area contributed by atoms with Crippen LogP contribution in [0.4, 0.5) is 10.5 Å². The predicted molar refractivity (Wildman–Crippen MR) is 102 cm³/mol. The van der Waals surface area contributed by atoms with Crippen LogP contribution >= 0.6 is 0 Å². The maximum Gasteiger partial charge on any atom is 0.410 e. The molecule has 1 aromatic rings. The molecule has 144 valence electrons. The summed E-state index contributed by atoms with van der Waals surface area (Å²) in [5.74, 6) is -0.926. The molecule has 1 saturated heterocycles. The number of carbonyl (C=O) groups is 2. The lowest BCUT2D eigenvalue weighted by Crippen LogP contribution is -2.56. The van der Waals surface area contributed by atoms with Crippen LogP contribution in [0.25, 0.3) is 0 Å². The van der Waals surface area contributed by atoms with Gasteiger partial charge in [-0.3, -0.25) is 0 Å². The van der Waals surface area contributed by atoms with Crippen LogP contribution < -0.4 is 4.90 Å². The van der Waals surface area contributed by atoms with Crippen molar-refractivity contribution in [2.45, 2.75) is 58.6 Å². The van der Waals surface area contributed by atoms with Crippen LogP contribution in [0.3, 0.4) is 0 Å². The number of hydrogen-bond acceptors (Lipinski definition) is 4. The molecule has 1 aromatic carbocycles. The average Bonchev–Trinajstić information content (AvgIpc) is 2.58. The van der Waals surface area contributed by atoms with Crippen molar-refractivity contribution in [3.05, 3.63) is 29.8 Å². The van der Waals surface area contributed by atoms with Crippen LogP contribution in [-0.2, 0) is 4.74 Å². The first-order chi connectivity index (χ1) is 12.2. The van der Waals surface area contributed by atoms with Gasteiger partial charge in [0.15, 0.2) is 0 Å². The van der Waals surface area contributed by atoms with Gasteiger partial charge < -0.3 is 19.6 Å². The molecule has 6 nitrogen and oxygen atoms in total. The number of piperazine rings is 1. The number of carbonyl (C=O) groups excluding carboxylic acids is 1. The molecule has 1 fully saturated rings. The summed E-state index contributed by atoms with van der Waals surface area (Å²) in [6, 6.07) is 7.17. The predicted octanol–water partition coefficient (Wildman–Crippen LogP) is 4.00. The van der Waals surface area contributed by atoms with Crippen molar-refractivity contribution < 1.29 is 19.4 Å². The summed E-state index contributed by atoms with van der Waals surface area (Å²) in [5, 5.41) is 9.52. The molecule has 0 spiro atoms. The lowest BCUT2D eigenvalue weighted by molar-refractivity contribution is 0.0211. The number of benzene rings is 1. The van der Waals surface area contributed by atoms with Gasteiger partial charge in [-0.2, -0.15) is 0 Å². The third-order valence-corrected chi connectivity index (χ3v) is 4.47. The van der Waals surface area contributed by atoms with E-state index >= 15 is 0 Å². The van der Waals surface area contributed by atoms with Crippen LogP contribution in [0.2, 0.25) is 0 Å². The zero-order chi connectivity index (χ0) is 19.3. The summed E-state index contributed by atoms with van der Waals surface area (Å²) >= 11 is 0. The van der Waals surface area contributed by atoms with Crippen molar-refractivity contribution in [1.29, 1.82) is 0 Å². The first kappa shape index (κ1) is 20.1. The molecule has 0 radical (unpaired) electrons. The number of carboxylic acid groups (broad SMARTS) is 1. The Balaban J connectivity index is 2.21. The van der Waals surface area contributed by atoms with Gasteiger partial charge in [-0.1, -0.05) is 31.9 Å². The molecule has 1 atom stereocenters. The standard InChI is InChI=1S/C20H30N2O4/c1-5-6-9-15-14-21(19(25)26-20(2,3)4)12-13-22(15)17-11-8-7-10-16(17)18(23)24/h7-8,10-11,15H,5-6,9,12-14H2,1-4H3,(H,23,24). The second kappa shape index (κ2) is 8.43. The van der Waals surface area contributed by atoms with Crippen LogP contribution in [0.1, 0.15) is 57.3 Å².